The van der Waals surface area contributed by atoms with Crippen LogP contribution in [0.5, 0.6) is 0 Å². The summed E-state index contributed by atoms with van der Waals surface area (Å²) in [5, 5.41) is 2.25. The first-order valence-electron chi connectivity index (χ1n) is 8.22. The van der Waals surface area contributed by atoms with E-state index in [1.165, 1.54) is 23.1 Å². The van der Waals surface area contributed by atoms with Gasteiger partial charge in [0.25, 0.3) is 0 Å². The molecule has 0 spiro atoms. The van der Waals surface area contributed by atoms with Crippen molar-refractivity contribution < 1.29 is 22.8 Å². The average molecular weight is 357 g/mol. The van der Waals surface area contributed by atoms with E-state index in [0.717, 1.165) is 18.9 Å². The number of amides is 2. The Labute approximate surface area is 144 Å². The largest absolute Gasteiger partial charge is 0.418 e. The average Bonchev–Trinajstić information content (AvgIpc) is 2.99. The summed E-state index contributed by atoms with van der Waals surface area (Å²) in [7, 11) is 0. The molecule has 138 valence electrons. The molecule has 1 aromatic rings. The standard InChI is InChI=1S/C17H22F3N3O2/c1-2-23(15(25)16(21)9-5-6-10-16)11-14(24)22-13-8-4-3-7-12(13)17(18,19)20/h3-4,7-8H,2,5-6,9-11,21H2,1H3,(H,22,24). The molecule has 0 saturated heterocycles. The zero-order valence-electron chi connectivity index (χ0n) is 14.0. The number of likely N-dealkylation sites (N-methyl/N-ethyl adjacent to an activating group) is 1. The van der Waals surface area contributed by atoms with Gasteiger partial charge in [0.1, 0.15) is 0 Å². The summed E-state index contributed by atoms with van der Waals surface area (Å²) in [4.78, 5) is 26.0. The van der Waals surface area contributed by atoms with E-state index in [1.54, 1.807) is 6.92 Å². The van der Waals surface area contributed by atoms with Gasteiger partial charge in [-0.2, -0.15) is 13.2 Å². The number of hydrogen-bond acceptors (Lipinski definition) is 3. The number of nitrogens with two attached hydrogens (primary N) is 1. The summed E-state index contributed by atoms with van der Waals surface area (Å²) in [6, 6.07) is 4.73. The summed E-state index contributed by atoms with van der Waals surface area (Å²) in [6.45, 7) is 1.62. The molecule has 0 aromatic heterocycles. The van der Waals surface area contributed by atoms with E-state index in [4.69, 9.17) is 5.73 Å². The highest BCUT2D eigenvalue weighted by Crippen LogP contribution is 2.34. The molecular weight excluding hydrogens is 335 g/mol. The molecule has 0 aliphatic heterocycles. The maximum absolute atomic E-state index is 13.0. The molecule has 2 amide bonds. The van der Waals surface area contributed by atoms with Crippen LogP contribution in [0, 0.1) is 0 Å². The molecule has 1 aromatic carbocycles. The molecule has 0 heterocycles. The molecule has 25 heavy (non-hydrogen) atoms. The summed E-state index contributed by atoms with van der Waals surface area (Å²) in [5.74, 6) is -1.01. The van der Waals surface area contributed by atoms with Crippen molar-refractivity contribution in [1.29, 1.82) is 0 Å². The predicted octanol–water partition coefficient (Wildman–Crippen LogP) is 2.76. The zero-order chi connectivity index (χ0) is 18.7. The monoisotopic (exact) mass is 357 g/mol. The van der Waals surface area contributed by atoms with Crippen LogP contribution in [0.3, 0.4) is 0 Å². The van der Waals surface area contributed by atoms with Crippen molar-refractivity contribution >= 4 is 17.5 Å². The van der Waals surface area contributed by atoms with Gasteiger partial charge in [-0.1, -0.05) is 25.0 Å². The van der Waals surface area contributed by atoms with Gasteiger partial charge in [-0.25, -0.2) is 0 Å². The van der Waals surface area contributed by atoms with Gasteiger partial charge in [0.15, 0.2) is 0 Å². The molecule has 0 unspecified atom stereocenters. The van der Waals surface area contributed by atoms with Crippen LogP contribution < -0.4 is 11.1 Å². The number of carbonyl (C=O) groups excluding carboxylic acids is 2. The lowest BCUT2D eigenvalue weighted by molar-refractivity contribution is -0.139. The minimum atomic E-state index is -4.57. The minimum Gasteiger partial charge on any atom is -0.332 e. The molecule has 3 N–H and O–H groups in total. The smallest absolute Gasteiger partial charge is 0.332 e. The van der Waals surface area contributed by atoms with Crippen molar-refractivity contribution in [2.75, 3.05) is 18.4 Å². The number of carbonyl (C=O) groups is 2. The lowest BCUT2D eigenvalue weighted by atomic mass is 9.97. The Morgan fingerprint density at radius 2 is 1.84 bits per heavy atom. The van der Waals surface area contributed by atoms with Crippen LogP contribution >= 0.6 is 0 Å². The normalized spacial score (nSPS) is 16.5. The number of nitrogens with zero attached hydrogens (tertiary/aromatic N) is 1. The third kappa shape index (κ3) is 4.50. The van der Waals surface area contributed by atoms with Gasteiger partial charge < -0.3 is 16.0 Å². The molecule has 1 aliphatic carbocycles. The number of benzene rings is 1. The van der Waals surface area contributed by atoms with E-state index in [2.05, 4.69) is 5.32 Å². The van der Waals surface area contributed by atoms with Crippen molar-refractivity contribution in [3.63, 3.8) is 0 Å². The first-order chi connectivity index (χ1) is 11.7. The number of para-hydroxylation sites is 1. The Balaban J connectivity index is 2.08. The van der Waals surface area contributed by atoms with Gasteiger partial charge in [-0.05, 0) is 31.9 Å². The fourth-order valence-corrected chi connectivity index (χ4v) is 3.06. The summed E-state index contributed by atoms with van der Waals surface area (Å²) >= 11 is 0. The highest BCUT2D eigenvalue weighted by atomic mass is 19.4. The van der Waals surface area contributed by atoms with Crippen molar-refractivity contribution in [2.24, 2.45) is 5.73 Å². The van der Waals surface area contributed by atoms with Crippen LogP contribution in [0.25, 0.3) is 0 Å². The topological polar surface area (TPSA) is 75.4 Å². The number of rotatable bonds is 5. The van der Waals surface area contributed by atoms with E-state index in [1.807, 2.05) is 0 Å². The van der Waals surface area contributed by atoms with Crippen LogP contribution in [-0.2, 0) is 15.8 Å². The lowest BCUT2D eigenvalue weighted by Crippen LogP contribution is -2.55. The van der Waals surface area contributed by atoms with Crippen molar-refractivity contribution in [1.82, 2.24) is 4.90 Å². The maximum atomic E-state index is 13.0. The Morgan fingerprint density at radius 3 is 2.40 bits per heavy atom. The van der Waals surface area contributed by atoms with Gasteiger partial charge >= 0.3 is 6.18 Å². The van der Waals surface area contributed by atoms with Gasteiger partial charge in [0.2, 0.25) is 11.8 Å². The molecule has 0 radical (unpaired) electrons. The van der Waals surface area contributed by atoms with E-state index in [-0.39, 0.29) is 24.7 Å². The van der Waals surface area contributed by atoms with E-state index in [9.17, 15) is 22.8 Å². The molecule has 1 fully saturated rings. The van der Waals surface area contributed by atoms with Gasteiger partial charge in [-0.15, -0.1) is 0 Å². The Kier molecular flexibility index (Phi) is 5.72. The van der Waals surface area contributed by atoms with Crippen LogP contribution in [0.15, 0.2) is 24.3 Å². The second-order valence-electron chi connectivity index (χ2n) is 6.27. The minimum absolute atomic E-state index is 0.256. The SMILES string of the molecule is CCN(CC(=O)Nc1ccccc1C(F)(F)F)C(=O)C1(N)CCCC1. The second kappa shape index (κ2) is 7.43. The first-order valence-corrected chi connectivity index (χ1v) is 8.22. The Hall–Kier alpha value is -2.09. The van der Waals surface area contributed by atoms with Crippen LogP contribution in [0.4, 0.5) is 18.9 Å². The number of alkyl halides is 3. The highest BCUT2D eigenvalue weighted by Gasteiger charge is 2.40. The van der Waals surface area contributed by atoms with Gasteiger partial charge in [-0.3, -0.25) is 9.59 Å². The second-order valence-corrected chi connectivity index (χ2v) is 6.27. The number of nitrogens with one attached hydrogen (secondary N) is 1. The Morgan fingerprint density at radius 1 is 1.24 bits per heavy atom. The molecule has 1 aliphatic rings. The molecule has 0 bridgehead atoms. The number of anilines is 1. The lowest BCUT2D eigenvalue weighted by Gasteiger charge is -2.30. The molecule has 1 saturated carbocycles. The van der Waals surface area contributed by atoms with Crippen molar-refractivity contribution in [3.8, 4) is 0 Å². The van der Waals surface area contributed by atoms with Gasteiger partial charge in [0, 0.05) is 6.54 Å². The summed E-state index contributed by atoms with van der Waals surface area (Å²) in [6.07, 6.45) is -1.76. The zero-order valence-corrected chi connectivity index (χ0v) is 14.0. The molecule has 2 rings (SSSR count). The van der Waals surface area contributed by atoms with Crippen molar-refractivity contribution in [2.45, 2.75) is 44.3 Å². The fourth-order valence-electron chi connectivity index (χ4n) is 3.06. The number of hydrogen-bond donors (Lipinski definition) is 2. The quantitative estimate of drug-likeness (QED) is 0.851. The fraction of sp³-hybridized carbons (Fsp3) is 0.529. The van der Waals surface area contributed by atoms with Crippen LogP contribution in [-0.4, -0.2) is 35.3 Å². The van der Waals surface area contributed by atoms with Crippen LogP contribution in [0.2, 0.25) is 0 Å². The van der Waals surface area contributed by atoms with E-state index in [0.29, 0.717) is 12.8 Å². The third-order valence-electron chi connectivity index (χ3n) is 4.43. The summed E-state index contributed by atoms with van der Waals surface area (Å²) < 4.78 is 38.9. The predicted molar refractivity (Wildman–Crippen MR) is 87.7 cm³/mol. The van der Waals surface area contributed by atoms with E-state index < -0.39 is 23.2 Å². The van der Waals surface area contributed by atoms with Gasteiger partial charge in [0.05, 0.1) is 23.3 Å². The molecule has 8 heteroatoms. The van der Waals surface area contributed by atoms with E-state index >= 15 is 0 Å². The molecular formula is C17H22F3N3O2. The Bertz CT molecular complexity index is 640. The van der Waals surface area contributed by atoms with Crippen LogP contribution in [0.1, 0.15) is 38.2 Å². The highest BCUT2D eigenvalue weighted by molar-refractivity contribution is 5.96. The van der Waals surface area contributed by atoms with Crippen molar-refractivity contribution in [3.05, 3.63) is 29.8 Å². The number of halogens is 3. The molecule has 5 nitrogen and oxygen atoms in total. The third-order valence-corrected chi connectivity index (χ3v) is 4.43. The first kappa shape index (κ1) is 19.2. The summed E-state index contributed by atoms with van der Waals surface area (Å²) in [5.41, 5.74) is 3.89. The maximum Gasteiger partial charge on any atom is 0.418 e. The molecule has 0 atom stereocenters.